The van der Waals surface area contributed by atoms with Crippen LogP contribution in [-0.2, 0) is 10.0 Å². The van der Waals surface area contributed by atoms with Crippen LogP contribution in [0.4, 0.5) is 5.13 Å². The maximum Gasteiger partial charge on any atom is 0.257 e. The number of sulfonamides is 1. The monoisotopic (exact) mass is 297 g/mol. The number of carbonyl (C=O) groups is 1. The molecule has 6 nitrogen and oxygen atoms in total. The second-order valence-corrected chi connectivity index (χ2v) is 6.31. The third kappa shape index (κ3) is 3.16. The fourth-order valence-corrected chi connectivity index (χ4v) is 2.68. The summed E-state index contributed by atoms with van der Waals surface area (Å²) in [5.41, 5.74) is 0.256. The molecule has 0 fully saturated rings. The van der Waals surface area contributed by atoms with E-state index in [1.54, 1.807) is 11.6 Å². The van der Waals surface area contributed by atoms with Gasteiger partial charge < -0.3 is 0 Å². The Balaban J connectivity index is 2.26. The van der Waals surface area contributed by atoms with E-state index in [-0.39, 0.29) is 10.5 Å². The molecule has 1 aromatic heterocycles. The molecule has 0 aliphatic rings. The minimum absolute atomic E-state index is 0.0433. The Labute approximate surface area is 114 Å². The summed E-state index contributed by atoms with van der Waals surface area (Å²) in [6, 6.07) is 5.79. The van der Waals surface area contributed by atoms with Gasteiger partial charge in [-0.3, -0.25) is 10.1 Å². The van der Waals surface area contributed by atoms with E-state index in [0.29, 0.717) is 5.13 Å². The van der Waals surface area contributed by atoms with Crippen LogP contribution in [-0.4, -0.2) is 26.4 Å². The maximum absolute atomic E-state index is 11.9. The minimum Gasteiger partial charge on any atom is -0.298 e. The molecule has 2 aromatic rings. The van der Waals surface area contributed by atoms with Crippen LogP contribution in [0.25, 0.3) is 0 Å². The first kappa shape index (κ1) is 13.7. The van der Waals surface area contributed by atoms with Crippen molar-refractivity contribution in [2.24, 2.45) is 0 Å². The van der Waals surface area contributed by atoms with Gasteiger partial charge in [0.25, 0.3) is 5.91 Å². The van der Waals surface area contributed by atoms with Crippen LogP contribution < -0.4 is 10.0 Å². The van der Waals surface area contributed by atoms with Crippen LogP contribution in [0, 0.1) is 0 Å². The molecule has 0 radical (unpaired) electrons. The number of rotatable bonds is 4. The Morgan fingerprint density at radius 2 is 2.16 bits per heavy atom. The zero-order valence-corrected chi connectivity index (χ0v) is 11.6. The van der Waals surface area contributed by atoms with Gasteiger partial charge in [0.2, 0.25) is 10.0 Å². The van der Waals surface area contributed by atoms with E-state index in [2.05, 4.69) is 15.0 Å². The quantitative estimate of drug-likeness (QED) is 0.890. The molecule has 2 N–H and O–H groups in total. The fraction of sp³-hybridized carbons (Fsp3) is 0.0909. The summed E-state index contributed by atoms with van der Waals surface area (Å²) in [4.78, 5) is 15.9. The number of hydrogen-bond donors (Lipinski definition) is 2. The minimum atomic E-state index is -3.56. The van der Waals surface area contributed by atoms with Crippen LogP contribution in [0.2, 0.25) is 0 Å². The largest absolute Gasteiger partial charge is 0.298 e. The molecular weight excluding hydrogens is 286 g/mol. The van der Waals surface area contributed by atoms with Gasteiger partial charge in [-0.15, -0.1) is 11.3 Å². The molecule has 2 rings (SSSR count). The predicted octanol–water partition coefficient (Wildman–Crippen LogP) is 1.30. The first-order chi connectivity index (χ1) is 9.03. The average molecular weight is 297 g/mol. The molecule has 0 aliphatic carbocycles. The van der Waals surface area contributed by atoms with Gasteiger partial charge in [0, 0.05) is 17.1 Å². The molecule has 0 unspecified atom stereocenters. The molecule has 0 aliphatic heterocycles. The molecule has 0 saturated carbocycles. The Kier molecular flexibility index (Phi) is 3.93. The SMILES string of the molecule is CNS(=O)(=O)c1cccc(C(=O)Nc2nccs2)c1. The second kappa shape index (κ2) is 5.47. The molecule has 1 heterocycles. The van der Waals surface area contributed by atoms with E-state index in [4.69, 9.17) is 0 Å². The number of aromatic nitrogens is 1. The van der Waals surface area contributed by atoms with E-state index >= 15 is 0 Å². The lowest BCUT2D eigenvalue weighted by molar-refractivity contribution is 0.102. The molecule has 0 saturated heterocycles. The van der Waals surface area contributed by atoms with Crippen molar-refractivity contribution in [1.82, 2.24) is 9.71 Å². The van der Waals surface area contributed by atoms with Crippen LogP contribution in [0.15, 0.2) is 40.7 Å². The van der Waals surface area contributed by atoms with Crippen LogP contribution in [0.1, 0.15) is 10.4 Å². The highest BCUT2D eigenvalue weighted by molar-refractivity contribution is 7.89. The summed E-state index contributed by atoms with van der Waals surface area (Å²) >= 11 is 1.29. The number of nitrogens with one attached hydrogen (secondary N) is 2. The summed E-state index contributed by atoms with van der Waals surface area (Å²) in [7, 11) is -2.24. The van der Waals surface area contributed by atoms with Gasteiger partial charge in [-0.25, -0.2) is 18.1 Å². The highest BCUT2D eigenvalue weighted by Gasteiger charge is 2.14. The summed E-state index contributed by atoms with van der Waals surface area (Å²) in [5.74, 6) is -0.400. The van der Waals surface area contributed by atoms with Gasteiger partial charge in [-0.1, -0.05) is 6.07 Å². The van der Waals surface area contributed by atoms with Crippen molar-refractivity contribution in [1.29, 1.82) is 0 Å². The van der Waals surface area contributed by atoms with Gasteiger partial charge in [-0.05, 0) is 25.2 Å². The zero-order chi connectivity index (χ0) is 13.9. The smallest absolute Gasteiger partial charge is 0.257 e. The molecule has 0 spiro atoms. The van der Waals surface area contributed by atoms with E-state index in [0.717, 1.165) is 0 Å². The van der Waals surface area contributed by atoms with E-state index in [1.165, 1.54) is 42.6 Å². The standard InChI is InChI=1S/C11H11N3O3S2/c1-12-19(16,17)9-4-2-3-8(7-9)10(15)14-11-13-5-6-18-11/h2-7,12H,1H3,(H,13,14,15). The van der Waals surface area contributed by atoms with Gasteiger partial charge in [0.05, 0.1) is 4.90 Å². The number of anilines is 1. The number of benzene rings is 1. The summed E-state index contributed by atoms with van der Waals surface area (Å²) < 4.78 is 25.5. The fourth-order valence-electron chi connectivity index (χ4n) is 1.38. The molecule has 1 amide bonds. The van der Waals surface area contributed by atoms with Gasteiger partial charge in [-0.2, -0.15) is 0 Å². The lowest BCUT2D eigenvalue weighted by atomic mass is 10.2. The van der Waals surface area contributed by atoms with E-state index in [1.807, 2.05) is 0 Å². The van der Waals surface area contributed by atoms with Crippen LogP contribution >= 0.6 is 11.3 Å². The number of amides is 1. The third-order valence-electron chi connectivity index (χ3n) is 2.33. The second-order valence-electron chi connectivity index (χ2n) is 3.53. The summed E-state index contributed by atoms with van der Waals surface area (Å²) in [6.45, 7) is 0. The van der Waals surface area contributed by atoms with Crippen molar-refractivity contribution >= 4 is 32.4 Å². The first-order valence-electron chi connectivity index (χ1n) is 5.27. The van der Waals surface area contributed by atoms with Gasteiger partial charge in [0.1, 0.15) is 0 Å². The maximum atomic E-state index is 11.9. The van der Waals surface area contributed by atoms with Crippen LogP contribution in [0.5, 0.6) is 0 Å². The lowest BCUT2D eigenvalue weighted by Crippen LogP contribution is -2.19. The predicted molar refractivity (Wildman–Crippen MR) is 72.8 cm³/mol. The number of carbonyl (C=O) groups excluding carboxylic acids is 1. The molecule has 0 bridgehead atoms. The Morgan fingerprint density at radius 1 is 1.37 bits per heavy atom. The number of hydrogen-bond acceptors (Lipinski definition) is 5. The van der Waals surface area contributed by atoms with Crippen molar-refractivity contribution in [3.8, 4) is 0 Å². The number of nitrogens with zero attached hydrogens (tertiary/aromatic N) is 1. The highest BCUT2D eigenvalue weighted by Crippen LogP contribution is 2.15. The Bertz CT molecular complexity index is 681. The van der Waals surface area contributed by atoms with Gasteiger partial charge >= 0.3 is 0 Å². The Hall–Kier alpha value is -1.77. The van der Waals surface area contributed by atoms with E-state index < -0.39 is 15.9 Å². The zero-order valence-electron chi connectivity index (χ0n) is 9.95. The first-order valence-corrected chi connectivity index (χ1v) is 7.63. The molecule has 8 heteroatoms. The van der Waals surface area contributed by atoms with Crippen molar-refractivity contribution in [2.45, 2.75) is 4.90 Å². The molecule has 19 heavy (non-hydrogen) atoms. The van der Waals surface area contributed by atoms with E-state index in [9.17, 15) is 13.2 Å². The van der Waals surface area contributed by atoms with Gasteiger partial charge in [0.15, 0.2) is 5.13 Å². The van der Waals surface area contributed by atoms with Crippen LogP contribution in [0.3, 0.4) is 0 Å². The molecule has 100 valence electrons. The average Bonchev–Trinajstić information content (AvgIpc) is 2.91. The normalized spacial score (nSPS) is 11.2. The van der Waals surface area contributed by atoms with Crippen molar-refractivity contribution in [3.05, 3.63) is 41.4 Å². The number of thiazole rings is 1. The summed E-state index contributed by atoms with van der Waals surface area (Å²) in [6.07, 6.45) is 1.57. The van der Waals surface area contributed by atoms with Crippen molar-refractivity contribution < 1.29 is 13.2 Å². The Morgan fingerprint density at radius 3 is 2.79 bits per heavy atom. The third-order valence-corrected chi connectivity index (χ3v) is 4.43. The topological polar surface area (TPSA) is 88.2 Å². The highest BCUT2D eigenvalue weighted by atomic mass is 32.2. The molecular formula is C11H11N3O3S2. The lowest BCUT2D eigenvalue weighted by Gasteiger charge is -2.05. The molecule has 0 atom stereocenters. The summed E-state index contributed by atoms with van der Waals surface area (Å²) in [5, 5.41) is 4.79. The molecule has 1 aromatic carbocycles. The van der Waals surface area contributed by atoms with Crippen molar-refractivity contribution in [2.75, 3.05) is 12.4 Å². The van der Waals surface area contributed by atoms with Crippen molar-refractivity contribution in [3.63, 3.8) is 0 Å².